The second kappa shape index (κ2) is 7.53. The summed E-state index contributed by atoms with van der Waals surface area (Å²) < 4.78 is 7.41. The average Bonchev–Trinajstić information content (AvgIpc) is 3.04. The number of aromatic nitrogens is 4. The molecule has 134 valence electrons. The summed E-state index contributed by atoms with van der Waals surface area (Å²) in [6.07, 6.45) is 3.54. The molecule has 9 heteroatoms. The van der Waals surface area contributed by atoms with Crippen LogP contribution in [-0.4, -0.2) is 45.9 Å². The average molecular weight is 390 g/mol. The van der Waals surface area contributed by atoms with Crippen molar-refractivity contribution in [3.8, 4) is 11.5 Å². The van der Waals surface area contributed by atoms with Gasteiger partial charge in [-0.3, -0.25) is 0 Å². The third kappa shape index (κ3) is 3.77. The molecule has 1 saturated heterocycles. The van der Waals surface area contributed by atoms with Gasteiger partial charge >= 0.3 is 0 Å². The molecular weight excluding hydrogens is 372 g/mol. The van der Waals surface area contributed by atoms with Gasteiger partial charge in [0.05, 0.1) is 26.2 Å². The van der Waals surface area contributed by atoms with E-state index in [1.807, 2.05) is 30.3 Å². The highest BCUT2D eigenvalue weighted by Gasteiger charge is 2.23. The SMILES string of the molecule is S=c1oc(-c2ccc(Cl)cc2)nn1C[NH+]1CCN(c2ncccn2)CC1. The van der Waals surface area contributed by atoms with Crippen LogP contribution in [0.4, 0.5) is 5.95 Å². The molecule has 0 bridgehead atoms. The molecule has 0 spiro atoms. The van der Waals surface area contributed by atoms with E-state index in [0.717, 1.165) is 37.7 Å². The summed E-state index contributed by atoms with van der Waals surface area (Å²) in [7, 11) is 0. The van der Waals surface area contributed by atoms with Gasteiger partial charge in [0.15, 0.2) is 6.67 Å². The molecule has 4 rings (SSSR count). The van der Waals surface area contributed by atoms with Crippen molar-refractivity contribution in [3.63, 3.8) is 0 Å². The predicted molar refractivity (Wildman–Crippen MR) is 101 cm³/mol. The lowest BCUT2D eigenvalue weighted by Gasteiger charge is -2.31. The Kier molecular flexibility index (Phi) is 4.96. The maximum Gasteiger partial charge on any atom is 0.292 e. The van der Waals surface area contributed by atoms with E-state index in [4.69, 9.17) is 28.2 Å². The van der Waals surface area contributed by atoms with E-state index in [0.29, 0.717) is 22.4 Å². The molecule has 3 heterocycles. The number of hydrogen-bond donors (Lipinski definition) is 1. The second-order valence-electron chi connectivity index (χ2n) is 6.12. The van der Waals surface area contributed by atoms with Crippen LogP contribution in [0, 0.1) is 4.84 Å². The second-order valence-corrected chi connectivity index (χ2v) is 6.91. The summed E-state index contributed by atoms with van der Waals surface area (Å²) in [5, 5.41) is 5.20. The third-order valence-corrected chi connectivity index (χ3v) is 4.92. The van der Waals surface area contributed by atoms with Crippen molar-refractivity contribution in [3.05, 3.63) is 52.6 Å². The Labute approximate surface area is 160 Å². The zero-order chi connectivity index (χ0) is 17.9. The summed E-state index contributed by atoms with van der Waals surface area (Å²) >= 11 is 11.3. The van der Waals surface area contributed by atoms with Crippen LogP contribution in [0.1, 0.15) is 0 Å². The van der Waals surface area contributed by atoms with Crippen molar-refractivity contribution >= 4 is 29.8 Å². The highest BCUT2D eigenvalue weighted by molar-refractivity contribution is 7.71. The molecule has 26 heavy (non-hydrogen) atoms. The van der Waals surface area contributed by atoms with E-state index >= 15 is 0 Å². The van der Waals surface area contributed by atoms with E-state index in [1.54, 1.807) is 17.1 Å². The van der Waals surface area contributed by atoms with Crippen LogP contribution < -0.4 is 9.80 Å². The standard InChI is InChI=1S/C17H17ClN6OS/c18-14-4-2-13(3-5-14)15-21-24(17(26)25-15)12-22-8-10-23(11-9-22)16-19-6-1-7-20-16/h1-7H,8-12H2/p+1. The summed E-state index contributed by atoms with van der Waals surface area (Å²) in [4.78, 5) is 12.6. The molecule has 1 N–H and O–H groups in total. The van der Waals surface area contributed by atoms with E-state index in [1.165, 1.54) is 4.90 Å². The predicted octanol–water partition coefficient (Wildman–Crippen LogP) is 1.68. The van der Waals surface area contributed by atoms with Crippen LogP contribution in [-0.2, 0) is 6.67 Å². The number of nitrogens with zero attached hydrogens (tertiary/aromatic N) is 5. The van der Waals surface area contributed by atoms with Gasteiger partial charge in [-0.25, -0.2) is 9.97 Å². The topological polar surface area (TPSA) is 64.4 Å². The maximum atomic E-state index is 5.93. The van der Waals surface area contributed by atoms with Gasteiger partial charge in [0.25, 0.3) is 4.84 Å². The van der Waals surface area contributed by atoms with Crippen molar-refractivity contribution in [1.82, 2.24) is 19.7 Å². The lowest BCUT2D eigenvalue weighted by Crippen LogP contribution is -3.14. The van der Waals surface area contributed by atoms with Crippen molar-refractivity contribution in [1.29, 1.82) is 0 Å². The summed E-state index contributed by atoms with van der Waals surface area (Å²) in [6.45, 7) is 4.40. The zero-order valence-corrected chi connectivity index (χ0v) is 15.6. The van der Waals surface area contributed by atoms with Crippen LogP contribution in [0.5, 0.6) is 0 Å². The quantitative estimate of drug-likeness (QED) is 0.685. The summed E-state index contributed by atoms with van der Waals surface area (Å²) in [6, 6.07) is 9.20. The van der Waals surface area contributed by atoms with Crippen LogP contribution in [0.2, 0.25) is 5.02 Å². The first-order valence-electron chi connectivity index (χ1n) is 8.38. The lowest BCUT2D eigenvalue weighted by molar-refractivity contribution is -0.924. The lowest BCUT2D eigenvalue weighted by atomic mass is 10.2. The molecular formula is C17H18ClN6OS+. The van der Waals surface area contributed by atoms with Crippen LogP contribution in [0.25, 0.3) is 11.5 Å². The van der Waals surface area contributed by atoms with E-state index in [2.05, 4.69) is 20.0 Å². The molecule has 0 aliphatic carbocycles. The summed E-state index contributed by atoms with van der Waals surface area (Å²) in [5.74, 6) is 1.30. The first-order valence-corrected chi connectivity index (χ1v) is 9.17. The van der Waals surface area contributed by atoms with Gasteiger partial charge in [-0.05, 0) is 42.5 Å². The molecule has 1 fully saturated rings. The van der Waals surface area contributed by atoms with Gasteiger partial charge in [-0.15, -0.1) is 5.10 Å². The zero-order valence-electron chi connectivity index (χ0n) is 14.0. The number of rotatable bonds is 4. The largest absolute Gasteiger partial charge is 0.409 e. The van der Waals surface area contributed by atoms with Gasteiger partial charge in [0.2, 0.25) is 11.8 Å². The van der Waals surface area contributed by atoms with Crippen LogP contribution in [0.15, 0.2) is 47.1 Å². The van der Waals surface area contributed by atoms with Crippen LogP contribution in [0.3, 0.4) is 0 Å². The Morgan fingerprint density at radius 3 is 2.50 bits per heavy atom. The Morgan fingerprint density at radius 2 is 1.81 bits per heavy atom. The van der Waals surface area contributed by atoms with Gasteiger partial charge in [-0.1, -0.05) is 11.6 Å². The molecule has 0 atom stereocenters. The van der Waals surface area contributed by atoms with Gasteiger partial charge < -0.3 is 14.2 Å². The first kappa shape index (κ1) is 17.1. The number of piperazine rings is 1. The molecule has 1 aliphatic heterocycles. The van der Waals surface area contributed by atoms with Gasteiger partial charge in [0, 0.05) is 23.0 Å². The maximum absolute atomic E-state index is 5.93. The normalized spacial score (nSPS) is 15.3. The molecule has 2 aromatic heterocycles. The van der Waals surface area contributed by atoms with Crippen molar-refractivity contribution in [2.75, 3.05) is 31.1 Å². The molecule has 7 nitrogen and oxygen atoms in total. The highest BCUT2D eigenvalue weighted by Crippen LogP contribution is 2.20. The number of nitrogens with one attached hydrogen (secondary N) is 1. The number of hydrogen-bond acceptors (Lipinski definition) is 6. The number of anilines is 1. The van der Waals surface area contributed by atoms with E-state index in [9.17, 15) is 0 Å². The highest BCUT2D eigenvalue weighted by atomic mass is 35.5. The molecule has 3 aromatic rings. The van der Waals surface area contributed by atoms with Crippen LogP contribution >= 0.6 is 23.8 Å². The molecule has 0 saturated carbocycles. The fourth-order valence-electron chi connectivity index (χ4n) is 2.96. The Hall–Kier alpha value is -2.29. The van der Waals surface area contributed by atoms with Gasteiger partial charge in [-0.2, -0.15) is 4.68 Å². The monoisotopic (exact) mass is 389 g/mol. The minimum absolute atomic E-state index is 0.385. The number of quaternary nitrogens is 1. The number of halogens is 1. The van der Waals surface area contributed by atoms with Crippen molar-refractivity contribution in [2.24, 2.45) is 0 Å². The van der Waals surface area contributed by atoms with Crippen molar-refractivity contribution < 1.29 is 9.32 Å². The minimum Gasteiger partial charge on any atom is -0.409 e. The summed E-state index contributed by atoms with van der Waals surface area (Å²) in [5.41, 5.74) is 0.861. The Morgan fingerprint density at radius 1 is 1.12 bits per heavy atom. The molecule has 0 amide bonds. The molecule has 1 aliphatic rings. The fourth-order valence-corrected chi connectivity index (χ4v) is 3.27. The molecule has 0 radical (unpaired) electrons. The first-order chi connectivity index (χ1) is 12.7. The minimum atomic E-state index is 0.385. The number of benzene rings is 1. The van der Waals surface area contributed by atoms with Gasteiger partial charge in [0.1, 0.15) is 0 Å². The Bertz CT molecular complexity index is 918. The molecule has 1 aromatic carbocycles. The fraction of sp³-hybridized carbons (Fsp3) is 0.294. The third-order valence-electron chi connectivity index (χ3n) is 4.38. The Balaban J connectivity index is 1.41. The van der Waals surface area contributed by atoms with E-state index in [-0.39, 0.29) is 0 Å². The smallest absolute Gasteiger partial charge is 0.292 e. The van der Waals surface area contributed by atoms with E-state index < -0.39 is 0 Å². The van der Waals surface area contributed by atoms with Crippen molar-refractivity contribution in [2.45, 2.75) is 6.67 Å². The molecule has 0 unspecified atom stereocenters.